The second-order valence-corrected chi connectivity index (χ2v) is 7.03. The van der Waals surface area contributed by atoms with E-state index in [2.05, 4.69) is 26.2 Å². The zero-order valence-electron chi connectivity index (χ0n) is 10.2. The molecule has 0 bridgehead atoms. The maximum atomic E-state index is 12.4. The van der Waals surface area contributed by atoms with Crippen LogP contribution in [0.1, 0.15) is 12.8 Å². The number of aromatic nitrogens is 3. The molecule has 19 heavy (non-hydrogen) atoms. The van der Waals surface area contributed by atoms with Crippen LogP contribution in [0.15, 0.2) is 9.63 Å². The van der Waals surface area contributed by atoms with Crippen molar-refractivity contribution in [1.82, 2.24) is 19.3 Å². The van der Waals surface area contributed by atoms with Gasteiger partial charge in [-0.2, -0.15) is 4.31 Å². The van der Waals surface area contributed by atoms with E-state index in [0.717, 1.165) is 0 Å². The van der Waals surface area contributed by atoms with Gasteiger partial charge >= 0.3 is 5.97 Å². The van der Waals surface area contributed by atoms with Crippen molar-refractivity contribution < 1.29 is 18.3 Å². The standard InChI is InChI=1S/C9H13BrN4O4S/c1-13-9(8(10)11-12-13)19(17,18)14-3-2-6(5-14)4-7(15)16/h6H,2-5H2,1H3,(H,15,16). The predicted octanol–water partition coefficient (Wildman–Crippen LogP) is 0.0629. The summed E-state index contributed by atoms with van der Waals surface area (Å²) < 4.78 is 27.5. The van der Waals surface area contributed by atoms with Crippen LogP contribution < -0.4 is 0 Å². The monoisotopic (exact) mass is 352 g/mol. The van der Waals surface area contributed by atoms with E-state index in [4.69, 9.17) is 5.11 Å². The fourth-order valence-electron chi connectivity index (χ4n) is 2.15. The molecule has 0 spiro atoms. The molecule has 1 saturated heterocycles. The molecule has 2 rings (SSSR count). The number of hydrogen-bond acceptors (Lipinski definition) is 5. The average Bonchev–Trinajstić information content (AvgIpc) is 2.86. The van der Waals surface area contributed by atoms with Crippen LogP contribution in [0.2, 0.25) is 0 Å². The highest BCUT2D eigenvalue weighted by Gasteiger charge is 2.36. The van der Waals surface area contributed by atoms with E-state index >= 15 is 0 Å². The summed E-state index contributed by atoms with van der Waals surface area (Å²) in [6.45, 7) is 0.532. The molecular formula is C9H13BrN4O4S. The Morgan fingerprint density at radius 2 is 2.26 bits per heavy atom. The van der Waals surface area contributed by atoms with Crippen LogP contribution in [0.25, 0.3) is 0 Å². The Labute approximate surface area is 118 Å². The van der Waals surface area contributed by atoms with Crippen LogP contribution in [0.4, 0.5) is 0 Å². The maximum Gasteiger partial charge on any atom is 0.303 e. The third-order valence-electron chi connectivity index (χ3n) is 3.03. The minimum absolute atomic E-state index is 0.0107. The van der Waals surface area contributed by atoms with Gasteiger partial charge in [-0.05, 0) is 28.3 Å². The smallest absolute Gasteiger partial charge is 0.303 e. The van der Waals surface area contributed by atoms with E-state index in [1.54, 1.807) is 0 Å². The van der Waals surface area contributed by atoms with Crippen LogP contribution in [-0.2, 0) is 21.9 Å². The highest BCUT2D eigenvalue weighted by Crippen LogP contribution is 2.28. The molecular weight excluding hydrogens is 340 g/mol. The zero-order chi connectivity index (χ0) is 14.2. The van der Waals surface area contributed by atoms with Gasteiger partial charge in [-0.3, -0.25) is 4.79 Å². The molecule has 1 unspecified atom stereocenters. The van der Waals surface area contributed by atoms with Crippen molar-refractivity contribution in [2.75, 3.05) is 13.1 Å². The summed E-state index contributed by atoms with van der Waals surface area (Å²) in [7, 11) is -2.20. The van der Waals surface area contributed by atoms with E-state index < -0.39 is 16.0 Å². The third kappa shape index (κ3) is 2.79. The zero-order valence-corrected chi connectivity index (χ0v) is 12.6. The van der Waals surface area contributed by atoms with Crippen molar-refractivity contribution in [2.45, 2.75) is 17.9 Å². The summed E-state index contributed by atoms with van der Waals surface area (Å²) in [6, 6.07) is 0. The number of carboxylic acids is 1. The van der Waals surface area contributed by atoms with Crippen LogP contribution in [-0.4, -0.2) is 51.9 Å². The van der Waals surface area contributed by atoms with Crippen LogP contribution >= 0.6 is 15.9 Å². The molecule has 1 aliphatic rings. The molecule has 1 atom stereocenters. The highest BCUT2D eigenvalue weighted by molar-refractivity contribution is 9.10. The molecule has 0 saturated carbocycles. The van der Waals surface area contributed by atoms with Gasteiger partial charge in [0.1, 0.15) is 0 Å². The quantitative estimate of drug-likeness (QED) is 0.821. The van der Waals surface area contributed by atoms with Gasteiger partial charge in [0, 0.05) is 26.6 Å². The molecule has 1 fully saturated rings. The molecule has 2 heterocycles. The Morgan fingerprint density at radius 1 is 1.58 bits per heavy atom. The molecule has 10 heteroatoms. The van der Waals surface area contributed by atoms with Crippen LogP contribution in [0.3, 0.4) is 0 Å². The largest absolute Gasteiger partial charge is 0.481 e. The number of hydrogen-bond donors (Lipinski definition) is 1. The van der Waals surface area contributed by atoms with E-state index in [-0.39, 0.29) is 28.5 Å². The van der Waals surface area contributed by atoms with Crippen LogP contribution in [0.5, 0.6) is 0 Å². The Balaban J connectivity index is 2.21. The molecule has 1 aromatic rings. The van der Waals surface area contributed by atoms with Gasteiger partial charge in [-0.15, -0.1) is 5.10 Å². The fraction of sp³-hybridized carbons (Fsp3) is 0.667. The van der Waals surface area contributed by atoms with Crippen molar-refractivity contribution in [1.29, 1.82) is 0 Å². The molecule has 0 radical (unpaired) electrons. The van der Waals surface area contributed by atoms with Crippen LogP contribution in [0, 0.1) is 5.92 Å². The SMILES string of the molecule is Cn1nnc(Br)c1S(=O)(=O)N1CCC(CC(=O)O)C1. The number of aryl methyl sites for hydroxylation is 1. The summed E-state index contributed by atoms with van der Waals surface area (Å²) in [5.74, 6) is -1.06. The minimum atomic E-state index is -3.69. The Hall–Kier alpha value is -1.00. The molecule has 0 aromatic carbocycles. The van der Waals surface area contributed by atoms with Gasteiger partial charge in [-0.1, -0.05) is 5.21 Å². The van der Waals surface area contributed by atoms with Crippen molar-refractivity contribution in [3.63, 3.8) is 0 Å². The normalized spacial score (nSPS) is 20.8. The number of nitrogens with zero attached hydrogens (tertiary/aromatic N) is 4. The maximum absolute atomic E-state index is 12.4. The average molecular weight is 353 g/mol. The number of carboxylic acid groups (broad SMARTS) is 1. The van der Waals surface area contributed by atoms with E-state index in [1.165, 1.54) is 16.0 Å². The first-order valence-corrected chi connectivity index (χ1v) is 7.82. The third-order valence-corrected chi connectivity index (χ3v) is 5.79. The fourth-order valence-corrected chi connectivity index (χ4v) is 4.71. The second kappa shape index (κ2) is 5.17. The Bertz CT molecular complexity index is 580. The summed E-state index contributed by atoms with van der Waals surface area (Å²) in [6.07, 6.45) is 0.533. The lowest BCUT2D eigenvalue weighted by molar-refractivity contribution is -0.137. The topological polar surface area (TPSA) is 105 Å². The molecule has 1 aromatic heterocycles. The minimum Gasteiger partial charge on any atom is -0.481 e. The van der Waals surface area contributed by atoms with E-state index in [9.17, 15) is 13.2 Å². The van der Waals surface area contributed by atoms with Crippen molar-refractivity contribution in [2.24, 2.45) is 13.0 Å². The lowest BCUT2D eigenvalue weighted by Crippen LogP contribution is -2.31. The number of carbonyl (C=O) groups is 1. The van der Waals surface area contributed by atoms with Gasteiger partial charge in [0.25, 0.3) is 10.0 Å². The van der Waals surface area contributed by atoms with Gasteiger partial charge in [0.15, 0.2) is 4.60 Å². The number of rotatable bonds is 4. The first kappa shape index (κ1) is 14.4. The molecule has 0 amide bonds. The van der Waals surface area contributed by atoms with Crippen molar-refractivity contribution >= 4 is 31.9 Å². The van der Waals surface area contributed by atoms with Crippen molar-refractivity contribution in [3.05, 3.63) is 4.60 Å². The van der Waals surface area contributed by atoms with E-state index in [1.807, 2.05) is 0 Å². The first-order valence-electron chi connectivity index (χ1n) is 5.59. The summed E-state index contributed by atoms with van der Waals surface area (Å²) in [4.78, 5) is 10.6. The molecule has 8 nitrogen and oxygen atoms in total. The predicted molar refractivity (Wildman–Crippen MR) is 67.8 cm³/mol. The highest BCUT2D eigenvalue weighted by atomic mass is 79.9. The Kier molecular flexibility index (Phi) is 3.92. The number of aliphatic carboxylic acids is 1. The van der Waals surface area contributed by atoms with E-state index in [0.29, 0.717) is 13.0 Å². The molecule has 106 valence electrons. The lowest BCUT2D eigenvalue weighted by atomic mass is 10.1. The summed E-state index contributed by atoms with van der Waals surface area (Å²) in [5.41, 5.74) is 0. The summed E-state index contributed by atoms with van der Waals surface area (Å²) >= 11 is 3.06. The number of sulfonamides is 1. The van der Waals surface area contributed by atoms with Gasteiger partial charge in [-0.25, -0.2) is 13.1 Å². The Morgan fingerprint density at radius 3 is 2.79 bits per heavy atom. The number of halogens is 1. The van der Waals surface area contributed by atoms with Crippen molar-refractivity contribution in [3.8, 4) is 0 Å². The van der Waals surface area contributed by atoms with Gasteiger partial charge in [0.2, 0.25) is 5.03 Å². The second-order valence-electron chi connectivity index (χ2n) is 4.42. The molecule has 0 aliphatic carbocycles. The summed E-state index contributed by atoms with van der Waals surface area (Å²) in [5, 5.41) is 16.0. The lowest BCUT2D eigenvalue weighted by Gasteiger charge is -2.16. The molecule has 1 N–H and O–H groups in total. The first-order chi connectivity index (χ1) is 8.82. The molecule has 1 aliphatic heterocycles. The van der Waals surface area contributed by atoms with Gasteiger partial charge < -0.3 is 5.11 Å². The van der Waals surface area contributed by atoms with Gasteiger partial charge in [0.05, 0.1) is 0 Å².